The molecule has 0 aromatic heterocycles. The normalized spacial score (nSPS) is 12.1. The average Bonchev–Trinajstić information content (AvgIpc) is 2.21. The third-order valence-corrected chi connectivity index (χ3v) is 2.05. The van der Waals surface area contributed by atoms with Crippen LogP contribution in [0.25, 0.3) is 0 Å². The molecule has 0 fully saturated rings. The van der Waals surface area contributed by atoms with Gasteiger partial charge in [0, 0.05) is 0 Å². The maximum atomic E-state index is 11.5. The third-order valence-electron chi connectivity index (χ3n) is 2.05. The summed E-state index contributed by atoms with van der Waals surface area (Å²) in [4.78, 5) is 21.9. The van der Waals surface area contributed by atoms with Gasteiger partial charge in [0.2, 0.25) is 11.8 Å². The fourth-order valence-corrected chi connectivity index (χ4v) is 1.20. The Morgan fingerprint density at radius 1 is 1.33 bits per heavy atom. The topological polar surface area (TPSA) is 110 Å². The average molecular weight is 216 g/mol. The van der Waals surface area contributed by atoms with Crippen LogP contribution in [0.3, 0.4) is 0 Å². The highest BCUT2D eigenvalue weighted by molar-refractivity contribution is 5.86. The van der Waals surface area contributed by atoms with Crippen LogP contribution in [-0.2, 0) is 9.59 Å². The number of amides is 2. The van der Waals surface area contributed by atoms with Gasteiger partial charge in [0.05, 0.1) is 12.6 Å². The molecule has 1 atom stereocenters. The lowest BCUT2D eigenvalue weighted by molar-refractivity contribution is -0.126. The van der Waals surface area contributed by atoms with Gasteiger partial charge in [-0.05, 0) is 26.4 Å². The van der Waals surface area contributed by atoms with Gasteiger partial charge in [-0.15, -0.1) is 0 Å². The Morgan fingerprint density at radius 2 is 2.00 bits per heavy atom. The second-order valence-corrected chi connectivity index (χ2v) is 3.31. The highest BCUT2D eigenvalue weighted by Gasteiger charge is 2.15. The van der Waals surface area contributed by atoms with Crippen LogP contribution in [0.5, 0.6) is 0 Å². The fourth-order valence-electron chi connectivity index (χ4n) is 1.20. The van der Waals surface area contributed by atoms with Crippen molar-refractivity contribution >= 4 is 11.8 Å². The Hall–Kier alpha value is -1.14. The Balaban J connectivity index is 3.82. The van der Waals surface area contributed by atoms with Crippen molar-refractivity contribution in [2.24, 2.45) is 11.5 Å². The molecule has 0 aliphatic carbocycles. The first-order valence-electron chi connectivity index (χ1n) is 5.05. The Kier molecular flexibility index (Phi) is 7.57. The first-order valence-corrected chi connectivity index (χ1v) is 5.05. The molecule has 0 saturated carbocycles. The van der Waals surface area contributed by atoms with Gasteiger partial charge in [0.1, 0.15) is 0 Å². The SMILES string of the molecule is CNC(CCCCN)C(=O)NCC(N)=O. The van der Waals surface area contributed by atoms with Crippen LogP contribution >= 0.6 is 0 Å². The van der Waals surface area contributed by atoms with Crippen LogP contribution in [0, 0.1) is 0 Å². The molecular formula is C9H20N4O2. The van der Waals surface area contributed by atoms with Crippen molar-refractivity contribution in [2.75, 3.05) is 20.1 Å². The zero-order valence-corrected chi connectivity index (χ0v) is 9.08. The monoisotopic (exact) mass is 216 g/mol. The minimum Gasteiger partial charge on any atom is -0.368 e. The summed E-state index contributed by atoms with van der Waals surface area (Å²) in [6.45, 7) is 0.507. The van der Waals surface area contributed by atoms with E-state index in [9.17, 15) is 9.59 Å². The predicted octanol–water partition coefficient (Wildman–Crippen LogP) is -1.70. The molecule has 0 aliphatic heterocycles. The van der Waals surface area contributed by atoms with E-state index in [-0.39, 0.29) is 18.5 Å². The quantitative estimate of drug-likeness (QED) is 0.363. The van der Waals surface area contributed by atoms with E-state index in [1.54, 1.807) is 7.05 Å². The standard InChI is InChI=1S/C9H20N4O2/c1-12-7(4-2-3-5-10)9(15)13-6-8(11)14/h7,12H,2-6,10H2,1H3,(H2,11,14)(H,13,15). The molecule has 2 amide bonds. The number of carbonyl (C=O) groups is 2. The lowest BCUT2D eigenvalue weighted by Crippen LogP contribution is -2.45. The molecule has 0 saturated heterocycles. The van der Waals surface area contributed by atoms with Crippen molar-refractivity contribution in [1.29, 1.82) is 0 Å². The Morgan fingerprint density at radius 3 is 2.47 bits per heavy atom. The van der Waals surface area contributed by atoms with E-state index in [2.05, 4.69) is 10.6 Å². The zero-order valence-electron chi connectivity index (χ0n) is 9.08. The molecule has 88 valence electrons. The van der Waals surface area contributed by atoms with E-state index in [4.69, 9.17) is 11.5 Å². The summed E-state index contributed by atoms with van der Waals surface area (Å²) in [6, 6.07) is -0.282. The molecule has 6 N–H and O–H groups in total. The van der Waals surface area contributed by atoms with Gasteiger partial charge in [-0.3, -0.25) is 9.59 Å². The Bertz CT molecular complexity index is 208. The number of primary amides is 1. The molecule has 15 heavy (non-hydrogen) atoms. The highest BCUT2D eigenvalue weighted by atomic mass is 16.2. The number of carbonyl (C=O) groups excluding carboxylic acids is 2. The number of nitrogens with one attached hydrogen (secondary N) is 2. The van der Waals surface area contributed by atoms with Crippen molar-refractivity contribution in [1.82, 2.24) is 10.6 Å². The highest BCUT2D eigenvalue weighted by Crippen LogP contribution is 1.99. The summed E-state index contributed by atoms with van der Waals surface area (Å²) < 4.78 is 0. The summed E-state index contributed by atoms with van der Waals surface area (Å²) in [5, 5.41) is 5.33. The smallest absolute Gasteiger partial charge is 0.237 e. The summed E-state index contributed by atoms with van der Waals surface area (Å²) in [5.74, 6) is -0.742. The van der Waals surface area contributed by atoms with Crippen LogP contribution in [-0.4, -0.2) is 38.0 Å². The third kappa shape index (κ3) is 6.87. The van der Waals surface area contributed by atoms with Gasteiger partial charge in [-0.1, -0.05) is 6.42 Å². The van der Waals surface area contributed by atoms with Crippen molar-refractivity contribution in [3.05, 3.63) is 0 Å². The molecule has 0 heterocycles. The van der Waals surface area contributed by atoms with Crippen LogP contribution in [0.1, 0.15) is 19.3 Å². The van der Waals surface area contributed by atoms with Crippen LogP contribution in [0.4, 0.5) is 0 Å². The minimum atomic E-state index is -0.542. The molecular weight excluding hydrogens is 196 g/mol. The van der Waals surface area contributed by atoms with Gasteiger partial charge < -0.3 is 22.1 Å². The maximum absolute atomic E-state index is 11.5. The largest absolute Gasteiger partial charge is 0.368 e. The molecule has 6 heteroatoms. The first kappa shape index (κ1) is 13.9. The van der Waals surface area contributed by atoms with Gasteiger partial charge in [0.25, 0.3) is 0 Å². The van der Waals surface area contributed by atoms with Gasteiger partial charge in [-0.25, -0.2) is 0 Å². The second kappa shape index (κ2) is 8.19. The lowest BCUT2D eigenvalue weighted by atomic mass is 10.1. The van der Waals surface area contributed by atoms with Gasteiger partial charge >= 0.3 is 0 Å². The summed E-state index contributed by atoms with van der Waals surface area (Å²) in [7, 11) is 1.71. The number of hydrogen-bond donors (Lipinski definition) is 4. The molecule has 0 radical (unpaired) electrons. The van der Waals surface area contributed by atoms with Crippen molar-refractivity contribution < 1.29 is 9.59 Å². The van der Waals surface area contributed by atoms with E-state index in [0.29, 0.717) is 13.0 Å². The summed E-state index contributed by atoms with van der Waals surface area (Å²) in [6.07, 6.45) is 2.48. The van der Waals surface area contributed by atoms with Crippen LogP contribution in [0.2, 0.25) is 0 Å². The predicted molar refractivity (Wildman–Crippen MR) is 58.0 cm³/mol. The summed E-state index contributed by atoms with van der Waals surface area (Å²) >= 11 is 0. The zero-order chi connectivity index (χ0) is 11.7. The van der Waals surface area contributed by atoms with E-state index in [1.165, 1.54) is 0 Å². The number of likely N-dealkylation sites (N-methyl/N-ethyl adjacent to an activating group) is 1. The Labute approximate surface area is 89.8 Å². The van der Waals surface area contributed by atoms with Crippen molar-refractivity contribution in [3.63, 3.8) is 0 Å². The molecule has 0 aromatic rings. The number of hydrogen-bond acceptors (Lipinski definition) is 4. The van der Waals surface area contributed by atoms with Gasteiger partial charge in [0.15, 0.2) is 0 Å². The van der Waals surface area contributed by atoms with E-state index in [0.717, 1.165) is 12.8 Å². The summed E-state index contributed by atoms with van der Waals surface area (Å²) in [5.41, 5.74) is 10.3. The molecule has 0 bridgehead atoms. The molecule has 1 unspecified atom stereocenters. The van der Waals surface area contributed by atoms with Gasteiger partial charge in [-0.2, -0.15) is 0 Å². The first-order chi connectivity index (χ1) is 7.11. The molecule has 6 nitrogen and oxygen atoms in total. The van der Waals surface area contributed by atoms with E-state index < -0.39 is 5.91 Å². The fraction of sp³-hybridized carbons (Fsp3) is 0.778. The van der Waals surface area contributed by atoms with E-state index in [1.807, 2.05) is 0 Å². The minimum absolute atomic E-state index is 0.117. The number of unbranched alkanes of at least 4 members (excludes halogenated alkanes) is 1. The maximum Gasteiger partial charge on any atom is 0.237 e. The van der Waals surface area contributed by atoms with Crippen LogP contribution in [0.15, 0.2) is 0 Å². The van der Waals surface area contributed by atoms with Crippen LogP contribution < -0.4 is 22.1 Å². The van der Waals surface area contributed by atoms with Crippen molar-refractivity contribution in [3.8, 4) is 0 Å². The number of rotatable bonds is 8. The van der Waals surface area contributed by atoms with Crippen molar-refractivity contribution in [2.45, 2.75) is 25.3 Å². The molecule has 0 rings (SSSR count). The molecule has 0 aromatic carbocycles. The molecule has 0 aliphatic rings. The second-order valence-electron chi connectivity index (χ2n) is 3.31. The lowest BCUT2D eigenvalue weighted by Gasteiger charge is -2.14. The number of nitrogens with two attached hydrogens (primary N) is 2. The molecule has 0 spiro atoms. The van der Waals surface area contributed by atoms with E-state index >= 15 is 0 Å².